The number of hydrogen-bond acceptors (Lipinski definition) is 5. The Morgan fingerprint density at radius 1 is 1.23 bits per heavy atom. The van der Waals surface area contributed by atoms with Crippen molar-refractivity contribution in [3.05, 3.63) is 24.3 Å². The first-order valence-corrected chi connectivity index (χ1v) is 10.9. The molecule has 3 rings (SSSR count). The molecule has 1 heterocycles. The average molecular weight is 432 g/mol. The van der Waals surface area contributed by atoms with Gasteiger partial charge < -0.3 is 20.1 Å². The average Bonchev–Trinajstić information content (AvgIpc) is 2.81. The van der Waals surface area contributed by atoms with E-state index in [2.05, 4.69) is 10.6 Å². The normalized spacial score (nSPS) is 21.1. The summed E-state index contributed by atoms with van der Waals surface area (Å²) in [5, 5.41) is 5.76. The second kappa shape index (κ2) is 8.77. The number of likely N-dealkylation sites (N-methyl/N-ethyl adjacent to an activating group) is 1. The Balaban J connectivity index is 1.81. The summed E-state index contributed by atoms with van der Waals surface area (Å²) in [4.78, 5) is 39.9. The monoisotopic (exact) mass is 431 g/mol. The van der Waals surface area contributed by atoms with Crippen molar-refractivity contribution in [2.75, 3.05) is 12.4 Å². The highest BCUT2D eigenvalue weighted by Gasteiger charge is 2.49. The van der Waals surface area contributed by atoms with Gasteiger partial charge in [-0.15, -0.1) is 0 Å². The van der Waals surface area contributed by atoms with Gasteiger partial charge >= 0.3 is 6.09 Å². The summed E-state index contributed by atoms with van der Waals surface area (Å²) >= 11 is 0. The largest absolute Gasteiger partial charge is 0.482 e. The van der Waals surface area contributed by atoms with Crippen molar-refractivity contribution in [1.82, 2.24) is 10.2 Å². The van der Waals surface area contributed by atoms with Crippen LogP contribution in [-0.4, -0.2) is 53.1 Å². The number of hydrogen-bond donors (Lipinski definition) is 2. The first kappa shape index (κ1) is 22.9. The summed E-state index contributed by atoms with van der Waals surface area (Å²) < 4.78 is 11.8. The van der Waals surface area contributed by atoms with Crippen LogP contribution in [0.4, 0.5) is 10.5 Å². The van der Waals surface area contributed by atoms with Crippen LogP contribution in [-0.2, 0) is 14.3 Å². The summed E-state index contributed by atoms with van der Waals surface area (Å²) in [5.41, 5.74) is -0.906. The van der Waals surface area contributed by atoms with Crippen LogP contribution >= 0.6 is 0 Å². The molecule has 8 nitrogen and oxygen atoms in total. The topological polar surface area (TPSA) is 97.0 Å². The Morgan fingerprint density at radius 3 is 2.52 bits per heavy atom. The van der Waals surface area contributed by atoms with E-state index in [0.717, 1.165) is 19.3 Å². The molecule has 1 saturated carbocycles. The molecule has 1 aliphatic heterocycles. The highest BCUT2D eigenvalue weighted by atomic mass is 16.6. The Hall–Kier alpha value is -2.77. The third-order valence-electron chi connectivity index (χ3n) is 5.87. The smallest absolute Gasteiger partial charge is 0.410 e. The number of amides is 3. The molecule has 8 heteroatoms. The number of anilines is 1. The number of rotatable bonds is 3. The molecular formula is C23H33N3O5. The molecule has 1 aromatic carbocycles. The van der Waals surface area contributed by atoms with E-state index in [4.69, 9.17) is 9.47 Å². The van der Waals surface area contributed by atoms with E-state index in [9.17, 15) is 14.4 Å². The van der Waals surface area contributed by atoms with Crippen LogP contribution in [0.15, 0.2) is 24.3 Å². The quantitative estimate of drug-likeness (QED) is 0.764. The molecule has 1 aliphatic carbocycles. The van der Waals surface area contributed by atoms with Crippen molar-refractivity contribution < 1.29 is 23.9 Å². The lowest BCUT2D eigenvalue weighted by Crippen LogP contribution is -2.63. The van der Waals surface area contributed by atoms with E-state index in [-0.39, 0.29) is 5.91 Å². The lowest BCUT2D eigenvalue weighted by Gasteiger charge is -2.41. The molecule has 3 amide bonds. The zero-order chi connectivity index (χ0) is 22.8. The maximum Gasteiger partial charge on any atom is 0.410 e. The Bertz CT molecular complexity index is 842. The van der Waals surface area contributed by atoms with Gasteiger partial charge in [0.15, 0.2) is 0 Å². The Morgan fingerprint density at radius 2 is 1.87 bits per heavy atom. The minimum Gasteiger partial charge on any atom is -0.482 e. The fourth-order valence-electron chi connectivity index (χ4n) is 4.05. The van der Waals surface area contributed by atoms with Gasteiger partial charge in [-0.25, -0.2) is 4.79 Å². The lowest BCUT2D eigenvalue weighted by molar-refractivity contribution is -0.135. The highest BCUT2D eigenvalue weighted by molar-refractivity contribution is 6.00. The first-order valence-electron chi connectivity index (χ1n) is 10.9. The van der Waals surface area contributed by atoms with Gasteiger partial charge in [0, 0.05) is 7.05 Å². The van der Waals surface area contributed by atoms with Crippen molar-refractivity contribution >= 4 is 23.6 Å². The molecular weight excluding hydrogens is 398 g/mol. The molecule has 170 valence electrons. The molecule has 31 heavy (non-hydrogen) atoms. The summed E-state index contributed by atoms with van der Waals surface area (Å²) in [5.74, 6) is -0.145. The summed E-state index contributed by atoms with van der Waals surface area (Å²) in [6, 6.07) is 5.60. The molecule has 2 N–H and O–H groups in total. The molecule has 0 bridgehead atoms. The second-order valence-electron chi connectivity index (χ2n) is 9.42. The van der Waals surface area contributed by atoms with Gasteiger partial charge in [-0.1, -0.05) is 18.6 Å². The maximum absolute atomic E-state index is 13.2. The Kier molecular flexibility index (Phi) is 6.48. The van der Waals surface area contributed by atoms with Gasteiger partial charge in [0.1, 0.15) is 29.0 Å². The SMILES string of the molecule is C[C@@H](C(=O)N[C@@H]1C(=O)Nc2ccccc2OC12CCCCC2)N(C)C(=O)OC(C)(C)C. The molecule has 0 unspecified atom stereocenters. The van der Waals surface area contributed by atoms with Crippen molar-refractivity contribution in [3.8, 4) is 5.75 Å². The van der Waals surface area contributed by atoms with E-state index < -0.39 is 35.3 Å². The lowest BCUT2D eigenvalue weighted by atomic mass is 9.78. The zero-order valence-electron chi connectivity index (χ0n) is 19.0. The van der Waals surface area contributed by atoms with Crippen molar-refractivity contribution in [2.45, 2.75) is 83.1 Å². The molecule has 2 atom stereocenters. The minimum absolute atomic E-state index is 0.313. The number of carbonyl (C=O) groups is 3. The third-order valence-corrected chi connectivity index (χ3v) is 5.87. The van der Waals surface area contributed by atoms with Gasteiger partial charge in [0.2, 0.25) is 5.91 Å². The number of fused-ring (bicyclic) bond motifs is 1. The van der Waals surface area contributed by atoms with Crippen LogP contribution in [0, 0.1) is 0 Å². The van der Waals surface area contributed by atoms with Crippen LogP contribution in [0.5, 0.6) is 5.75 Å². The number of carbonyl (C=O) groups excluding carboxylic acids is 3. The van der Waals surface area contributed by atoms with Crippen molar-refractivity contribution in [2.24, 2.45) is 0 Å². The van der Waals surface area contributed by atoms with E-state index in [0.29, 0.717) is 24.3 Å². The van der Waals surface area contributed by atoms with Crippen LogP contribution in [0.1, 0.15) is 59.8 Å². The number of para-hydroxylation sites is 2. The van der Waals surface area contributed by atoms with E-state index in [1.807, 2.05) is 18.2 Å². The maximum atomic E-state index is 13.2. The van der Waals surface area contributed by atoms with Gasteiger partial charge in [0.25, 0.3) is 5.91 Å². The predicted octanol–water partition coefficient (Wildman–Crippen LogP) is 3.46. The number of nitrogens with zero attached hydrogens (tertiary/aromatic N) is 1. The molecule has 0 aromatic heterocycles. The van der Waals surface area contributed by atoms with E-state index in [1.54, 1.807) is 33.8 Å². The van der Waals surface area contributed by atoms with Crippen molar-refractivity contribution in [3.63, 3.8) is 0 Å². The third kappa shape index (κ3) is 5.11. The first-order chi connectivity index (χ1) is 14.5. The number of ether oxygens (including phenoxy) is 2. The summed E-state index contributed by atoms with van der Waals surface area (Å²) in [7, 11) is 1.51. The predicted molar refractivity (Wildman–Crippen MR) is 117 cm³/mol. The molecule has 1 spiro atoms. The van der Waals surface area contributed by atoms with Gasteiger partial charge in [0.05, 0.1) is 5.69 Å². The number of benzene rings is 1. The second-order valence-corrected chi connectivity index (χ2v) is 9.42. The molecule has 2 aliphatic rings. The van der Waals surface area contributed by atoms with E-state index >= 15 is 0 Å². The summed E-state index contributed by atoms with van der Waals surface area (Å²) in [6.45, 7) is 6.90. The van der Waals surface area contributed by atoms with Crippen LogP contribution < -0.4 is 15.4 Å². The van der Waals surface area contributed by atoms with Gasteiger partial charge in [-0.3, -0.25) is 14.5 Å². The zero-order valence-corrected chi connectivity index (χ0v) is 19.0. The fraction of sp³-hybridized carbons (Fsp3) is 0.609. The van der Waals surface area contributed by atoms with Crippen LogP contribution in [0.2, 0.25) is 0 Å². The molecule has 0 saturated heterocycles. The standard InChI is InChI=1S/C23H33N3O5/c1-15(26(5)21(29)31-22(2,3)4)19(27)25-18-20(28)24-16-11-7-8-12-17(16)30-23(18)13-9-6-10-14-23/h7-8,11-12,15,18H,6,9-10,13-14H2,1-5H3,(H,24,28)(H,25,27)/t15-,18+/m0/s1. The molecule has 0 radical (unpaired) electrons. The fourth-order valence-corrected chi connectivity index (χ4v) is 4.05. The minimum atomic E-state index is -0.873. The van der Waals surface area contributed by atoms with Gasteiger partial charge in [-0.2, -0.15) is 0 Å². The van der Waals surface area contributed by atoms with Crippen molar-refractivity contribution in [1.29, 1.82) is 0 Å². The Labute approximate surface area is 183 Å². The molecule has 1 aromatic rings. The van der Waals surface area contributed by atoms with Crippen LogP contribution in [0.3, 0.4) is 0 Å². The molecule has 1 fully saturated rings. The highest BCUT2D eigenvalue weighted by Crippen LogP contribution is 2.41. The van der Waals surface area contributed by atoms with Crippen LogP contribution in [0.25, 0.3) is 0 Å². The van der Waals surface area contributed by atoms with Gasteiger partial charge in [-0.05, 0) is 65.5 Å². The number of nitrogens with one attached hydrogen (secondary N) is 2. The van der Waals surface area contributed by atoms with E-state index in [1.165, 1.54) is 11.9 Å². The summed E-state index contributed by atoms with van der Waals surface area (Å²) in [6.07, 6.45) is 3.61.